The summed E-state index contributed by atoms with van der Waals surface area (Å²) in [7, 11) is 1.58. The van der Waals surface area contributed by atoms with Gasteiger partial charge in [-0.15, -0.1) is 0 Å². The smallest absolute Gasteiger partial charge is 0.125 e. The SMILES string of the molecule is COc1cc(C)cc(C)c1C(O)Cc1ccc(F)cc1Cl. The van der Waals surface area contributed by atoms with E-state index >= 15 is 0 Å². The van der Waals surface area contributed by atoms with Crippen LogP contribution in [0.3, 0.4) is 0 Å². The van der Waals surface area contributed by atoms with E-state index in [0.717, 1.165) is 16.7 Å². The Balaban J connectivity index is 2.34. The van der Waals surface area contributed by atoms with Gasteiger partial charge in [0.05, 0.1) is 13.2 Å². The summed E-state index contributed by atoms with van der Waals surface area (Å²) >= 11 is 6.02. The molecule has 1 atom stereocenters. The fourth-order valence-corrected chi connectivity index (χ4v) is 2.78. The quantitative estimate of drug-likeness (QED) is 0.908. The van der Waals surface area contributed by atoms with Gasteiger partial charge < -0.3 is 9.84 Å². The summed E-state index contributed by atoms with van der Waals surface area (Å²) < 4.78 is 18.4. The molecule has 0 aliphatic heterocycles. The molecule has 0 bridgehead atoms. The van der Waals surface area contributed by atoms with Crippen LogP contribution in [0.1, 0.15) is 28.4 Å². The molecular weight excluding hydrogens is 291 g/mol. The zero-order valence-corrected chi connectivity index (χ0v) is 13.0. The number of aliphatic hydroxyl groups is 1. The van der Waals surface area contributed by atoms with Crippen LogP contribution in [-0.4, -0.2) is 12.2 Å². The Morgan fingerprint density at radius 3 is 2.57 bits per heavy atom. The van der Waals surface area contributed by atoms with Gasteiger partial charge in [0.25, 0.3) is 0 Å². The Morgan fingerprint density at radius 2 is 1.95 bits per heavy atom. The number of halogens is 2. The lowest BCUT2D eigenvalue weighted by Crippen LogP contribution is -2.07. The lowest BCUT2D eigenvalue weighted by atomic mass is 9.95. The van der Waals surface area contributed by atoms with Crippen molar-refractivity contribution in [2.75, 3.05) is 7.11 Å². The number of aryl methyl sites for hydroxylation is 2. The number of rotatable bonds is 4. The molecule has 0 radical (unpaired) electrons. The van der Waals surface area contributed by atoms with Crippen molar-refractivity contribution in [1.29, 1.82) is 0 Å². The highest BCUT2D eigenvalue weighted by Gasteiger charge is 2.18. The number of hydrogen-bond acceptors (Lipinski definition) is 2. The zero-order valence-electron chi connectivity index (χ0n) is 12.3. The summed E-state index contributed by atoms with van der Waals surface area (Å²) in [4.78, 5) is 0. The molecule has 112 valence electrons. The van der Waals surface area contributed by atoms with Crippen molar-refractivity contribution in [1.82, 2.24) is 0 Å². The number of methoxy groups -OCH3 is 1. The third-order valence-electron chi connectivity index (χ3n) is 3.47. The first-order chi connectivity index (χ1) is 9.92. The standard InChI is InChI=1S/C17H18ClFO2/c1-10-6-11(2)17(16(7-10)21-3)15(20)8-12-4-5-13(19)9-14(12)18/h4-7,9,15,20H,8H2,1-3H3. The fourth-order valence-electron chi connectivity index (χ4n) is 2.53. The van der Waals surface area contributed by atoms with E-state index in [4.69, 9.17) is 16.3 Å². The molecule has 0 fully saturated rings. The minimum Gasteiger partial charge on any atom is -0.496 e. The van der Waals surface area contributed by atoms with Crippen LogP contribution in [0.4, 0.5) is 4.39 Å². The highest BCUT2D eigenvalue weighted by molar-refractivity contribution is 6.31. The monoisotopic (exact) mass is 308 g/mol. The van der Waals surface area contributed by atoms with Crippen molar-refractivity contribution < 1.29 is 14.2 Å². The van der Waals surface area contributed by atoms with Crippen LogP contribution in [0, 0.1) is 19.7 Å². The average molecular weight is 309 g/mol. The molecule has 0 amide bonds. The Bertz CT molecular complexity index is 655. The van der Waals surface area contributed by atoms with E-state index in [9.17, 15) is 9.50 Å². The van der Waals surface area contributed by atoms with Gasteiger partial charge >= 0.3 is 0 Å². The minimum absolute atomic E-state index is 0.305. The Labute approximate surface area is 129 Å². The Kier molecular flexibility index (Phi) is 4.86. The van der Waals surface area contributed by atoms with Gasteiger partial charge in [-0.05, 0) is 48.7 Å². The summed E-state index contributed by atoms with van der Waals surface area (Å²) in [6, 6.07) is 8.07. The van der Waals surface area contributed by atoms with Gasteiger partial charge in [0.2, 0.25) is 0 Å². The molecule has 0 saturated heterocycles. The van der Waals surface area contributed by atoms with Crippen LogP contribution in [0.5, 0.6) is 5.75 Å². The fraction of sp³-hybridized carbons (Fsp3) is 0.294. The molecule has 21 heavy (non-hydrogen) atoms. The minimum atomic E-state index is -0.761. The van der Waals surface area contributed by atoms with E-state index in [1.807, 2.05) is 26.0 Å². The first kappa shape index (κ1) is 15.8. The first-order valence-corrected chi connectivity index (χ1v) is 7.07. The summed E-state index contributed by atoms with van der Waals surface area (Å²) in [5, 5.41) is 10.8. The predicted molar refractivity (Wildman–Crippen MR) is 82.5 cm³/mol. The second-order valence-electron chi connectivity index (χ2n) is 5.15. The van der Waals surface area contributed by atoms with Gasteiger partial charge in [-0.2, -0.15) is 0 Å². The lowest BCUT2D eigenvalue weighted by molar-refractivity contribution is 0.173. The van der Waals surface area contributed by atoms with E-state index in [-0.39, 0.29) is 5.82 Å². The van der Waals surface area contributed by atoms with Crippen molar-refractivity contribution in [3.63, 3.8) is 0 Å². The number of aliphatic hydroxyl groups excluding tert-OH is 1. The molecule has 1 N–H and O–H groups in total. The largest absolute Gasteiger partial charge is 0.496 e. The second-order valence-corrected chi connectivity index (χ2v) is 5.56. The normalized spacial score (nSPS) is 12.3. The molecule has 2 aromatic rings. The van der Waals surface area contributed by atoms with Crippen molar-refractivity contribution in [2.24, 2.45) is 0 Å². The molecular formula is C17H18ClFO2. The van der Waals surface area contributed by atoms with Crippen molar-refractivity contribution in [2.45, 2.75) is 26.4 Å². The van der Waals surface area contributed by atoms with Crippen LogP contribution in [0.2, 0.25) is 5.02 Å². The molecule has 0 heterocycles. The summed E-state index contributed by atoms with van der Waals surface area (Å²) in [6.07, 6.45) is -0.456. The van der Waals surface area contributed by atoms with Crippen LogP contribution >= 0.6 is 11.6 Å². The van der Waals surface area contributed by atoms with E-state index in [1.165, 1.54) is 12.1 Å². The third-order valence-corrected chi connectivity index (χ3v) is 3.83. The van der Waals surface area contributed by atoms with Gasteiger partial charge in [-0.25, -0.2) is 4.39 Å². The van der Waals surface area contributed by atoms with E-state index < -0.39 is 6.10 Å². The summed E-state index contributed by atoms with van der Waals surface area (Å²) in [5.74, 6) is 0.264. The van der Waals surface area contributed by atoms with Gasteiger partial charge in [0.15, 0.2) is 0 Å². The van der Waals surface area contributed by atoms with Crippen molar-refractivity contribution in [3.05, 3.63) is 63.4 Å². The maximum atomic E-state index is 13.1. The van der Waals surface area contributed by atoms with Gasteiger partial charge in [-0.3, -0.25) is 0 Å². The average Bonchev–Trinajstić information content (AvgIpc) is 2.40. The second kappa shape index (κ2) is 6.46. The van der Waals surface area contributed by atoms with Crippen LogP contribution < -0.4 is 4.74 Å². The maximum absolute atomic E-state index is 13.1. The Morgan fingerprint density at radius 1 is 1.24 bits per heavy atom. The third kappa shape index (κ3) is 3.55. The molecule has 1 unspecified atom stereocenters. The maximum Gasteiger partial charge on any atom is 0.125 e. The molecule has 0 aromatic heterocycles. The lowest BCUT2D eigenvalue weighted by Gasteiger charge is -2.19. The topological polar surface area (TPSA) is 29.5 Å². The molecule has 0 aliphatic rings. The molecule has 4 heteroatoms. The van der Waals surface area contributed by atoms with Crippen LogP contribution in [0.15, 0.2) is 30.3 Å². The Hall–Kier alpha value is -1.58. The molecule has 2 nitrogen and oxygen atoms in total. The van der Waals surface area contributed by atoms with E-state index in [0.29, 0.717) is 22.8 Å². The predicted octanol–water partition coefficient (Wildman–Crippen LogP) is 4.38. The van der Waals surface area contributed by atoms with Crippen molar-refractivity contribution in [3.8, 4) is 5.75 Å². The van der Waals surface area contributed by atoms with Gasteiger partial charge in [0, 0.05) is 17.0 Å². The van der Waals surface area contributed by atoms with E-state index in [1.54, 1.807) is 13.2 Å². The summed E-state index contributed by atoms with van der Waals surface area (Å²) in [6.45, 7) is 3.91. The highest BCUT2D eigenvalue weighted by atomic mass is 35.5. The zero-order chi connectivity index (χ0) is 15.6. The molecule has 0 aliphatic carbocycles. The van der Waals surface area contributed by atoms with Gasteiger partial charge in [0.1, 0.15) is 11.6 Å². The van der Waals surface area contributed by atoms with Crippen LogP contribution in [0.25, 0.3) is 0 Å². The molecule has 0 spiro atoms. The molecule has 2 rings (SSSR count). The molecule has 0 saturated carbocycles. The van der Waals surface area contributed by atoms with Crippen LogP contribution in [-0.2, 0) is 6.42 Å². The van der Waals surface area contributed by atoms with Gasteiger partial charge in [-0.1, -0.05) is 23.7 Å². The molecule has 2 aromatic carbocycles. The van der Waals surface area contributed by atoms with E-state index in [2.05, 4.69) is 0 Å². The number of hydrogen-bond donors (Lipinski definition) is 1. The number of benzene rings is 2. The highest BCUT2D eigenvalue weighted by Crippen LogP contribution is 2.33. The number of ether oxygens (including phenoxy) is 1. The first-order valence-electron chi connectivity index (χ1n) is 6.69. The van der Waals surface area contributed by atoms with Crippen molar-refractivity contribution >= 4 is 11.6 Å². The summed E-state index contributed by atoms with van der Waals surface area (Å²) in [5.41, 5.74) is 3.47.